The quantitative estimate of drug-likeness (QED) is 0.786. The maximum Gasteiger partial charge on any atom is 0.573 e. The van der Waals surface area contributed by atoms with Crippen molar-refractivity contribution in [1.29, 1.82) is 0 Å². The predicted molar refractivity (Wildman–Crippen MR) is 66.7 cm³/mol. The van der Waals surface area contributed by atoms with Crippen molar-refractivity contribution in [1.82, 2.24) is 4.98 Å². The first-order valence-corrected chi connectivity index (χ1v) is 6.45. The molecule has 0 saturated carbocycles. The first-order chi connectivity index (χ1) is 8.35. The van der Waals surface area contributed by atoms with E-state index in [1.807, 2.05) is 6.92 Å². The molecule has 2 aromatic rings. The molecule has 0 spiro atoms. The Morgan fingerprint density at radius 2 is 1.83 bits per heavy atom. The molecule has 18 heavy (non-hydrogen) atoms. The Bertz CT molecular complexity index is 550. The van der Waals surface area contributed by atoms with Crippen LogP contribution in [0.3, 0.4) is 0 Å². The lowest BCUT2D eigenvalue weighted by atomic mass is 10.2. The lowest BCUT2D eigenvalue weighted by molar-refractivity contribution is -0.274. The van der Waals surface area contributed by atoms with Gasteiger partial charge >= 0.3 is 6.36 Å². The summed E-state index contributed by atoms with van der Waals surface area (Å²) in [6.45, 7) is 1.86. The van der Waals surface area contributed by atoms with Crippen LogP contribution in [-0.4, -0.2) is 11.3 Å². The molecule has 1 aromatic heterocycles. The zero-order valence-corrected chi connectivity index (χ0v) is 11.5. The molecule has 0 aliphatic rings. The molecule has 0 aliphatic carbocycles. The Morgan fingerprint density at radius 3 is 2.28 bits per heavy atom. The highest BCUT2D eigenvalue weighted by Gasteiger charge is 2.31. The summed E-state index contributed by atoms with van der Waals surface area (Å²) in [5.41, 5.74) is 0.794. The minimum Gasteiger partial charge on any atom is -0.406 e. The van der Waals surface area contributed by atoms with E-state index in [1.54, 1.807) is 12.1 Å². The molecule has 0 fully saturated rings. The maximum atomic E-state index is 12.0. The summed E-state index contributed by atoms with van der Waals surface area (Å²) in [5, 5.41) is 0.882. The van der Waals surface area contributed by atoms with E-state index in [9.17, 15) is 13.2 Å². The first kappa shape index (κ1) is 13.4. The number of halogens is 4. The van der Waals surface area contributed by atoms with Crippen molar-refractivity contribution in [3.8, 4) is 16.2 Å². The Balaban J connectivity index is 2.25. The number of aromatic nitrogens is 1. The normalized spacial score (nSPS) is 11.6. The summed E-state index contributed by atoms with van der Waals surface area (Å²) in [7, 11) is 0. The number of nitrogens with zero attached hydrogens (tertiary/aromatic N) is 1. The molecule has 1 aromatic carbocycles. The van der Waals surface area contributed by atoms with Crippen molar-refractivity contribution in [3.05, 3.63) is 33.9 Å². The third-order valence-electron chi connectivity index (χ3n) is 2.04. The number of hydrogen-bond donors (Lipinski definition) is 0. The minimum atomic E-state index is -4.66. The van der Waals surface area contributed by atoms with Crippen LogP contribution in [0.15, 0.2) is 28.9 Å². The third-order valence-corrected chi connectivity index (χ3v) is 3.90. The van der Waals surface area contributed by atoms with Crippen LogP contribution in [0.1, 0.15) is 5.01 Å². The molecule has 0 radical (unpaired) electrons. The van der Waals surface area contributed by atoms with Gasteiger partial charge in [-0.3, -0.25) is 0 Å². The predicted octanol–water partition coefficient (Wildman–Crippen LogP) is 4.78. The molecule has 0 aliphatic heterocycles. The van der Waals surface area contributed by atoms with Crippen LogP contribution in [0.5, 0.6) is 5.75 Å². The third kappa shape index (κ3) is 3.23. The van der Waals surface area contributed by atoms with Gasteiger partial charge in [-0.05, 0) is 52.7 Å². The van der Waals surface area contributed by atoms with E-state index < -0.39 is 6.36 Å². The second kappa shape index (κ2) is 4.89. The second-order valence-corrected chi connectivity index (χ2v) is 5.38. The fraction of sp³-hybridized carbons (Fsp3) is 0.182. The van der Waals surface area contributed by atoms with Gasteiger partial charge in [-0.2, -0.15) is 0 Å². The zero-order chi connectivity index (χ0) is 13.3. The highest BCUT2D eigenvalue weighted by Crippen LogP contribution is 2.34. The summed E-state index contributed by atoms with van der Waals surface area (Å²) in [6.07, 6.45) is -4.66. The van der Waals surface area contributed by atoms with Gasteiger partial charge in [-0.15, -0.1) is 24.5 Å². The molecule has 2 nitrogen and oxygen atoms in total. The summed E-state index contributed by atoms with van der Waals surface area (Å²) < 4.78 is 40.5. The largest absolute Gasteiger partial charge is 0.573 e. The standard InChI is InChI=1S/C11H7BrF3NOS/c1-6-16-10(12)9(18-6)7-2-4-8(5-3-7)17-11(13,14)15/h2-5H,1H3. The number of thiazole rings is 1. The number of rotatable bonds is 2. The molecular weight excluding hydrogens is 331 g/mol. The van der Waals surface area contributed by atoms with E-state index in [0.29, 0.717) is 4.60 Å². The van der Waals surface area contributed by atoms with Crippen molar-refractivity contribution in [2.24, 2.45) is 0 Å². The lowest BCUT2D eigenvalue weighted by Gasteiger charge is -2.08. The molecule has 1 heterocycles. The molecule has 7 heteroatoms. The Labute approximate surface area is 114 Å². The first-order valence-electron chi connectivity index (χ1n) is 4.84. The fourth-order valence-corrected chi connectivity index (χ4v) is 3.06. The van der Waals surface area contributed by atoms with Crippen LogP contribution < -0.4 is 4.74 Å². The Morgan fingerprint density at radius 1 is 1.22 bits per heavy atom. The monoisotopic (exact) mass is 337 g/mol. The van der Waals surface area contributed by atoms with Crippen LogP contribution >= 0.6 is 27.3 Å². The molecule has 96 valence electrons. The van der Waals surface area contributed by atoms with Crippen molar-refractivity contribution >= 4 is 27.3 Å². The molecular formula is C11H7BrF3NOS. The lowest BCUT2D eigenvalue weighted by Crippen LogP contribution is -2.16. The molecule has 0 atom stereocenters. The fourth-order valence-electron chi connectivity index (χ4n) is 1.39. The van der Waals surface area contributed by atoms with E-state index in [4.69, 9.17) is 0 Å². The van der Waals surface area contributed by atoms with E-state index in [2.05, 4.69) is 25.7 Å². The summed E-state index contributed by atoms with van der Waals surface area (Å²) in [4.78, 5) is 5.07. The molecule has 0 amide bonds. The smallest absolute Gasteiger partial charge is 0.406 e. The Hall–Kier alpha value is -1.08. The minimum absolute atomic E-state index is 0.233. The van der Waals surface area contributed by atoms with Crippen LogP contribution in [0.25, 0.3) is 10.4 Å². The van der Waals surface area contributed by atoms with Crippen molar-refractivity contribution in [3.63, 3.8) is 0 Å². The zero-order valence-electron chi connectivity index (χ0n) is 9.08. The van der Waals surface area contributed by atoms with Gasteiger partial charge in [0, 0.05) is 0 Å². The van der Waals surface area contributed by atoms with Crippen molar-refractivity contribution in [2.75, 3.05) is 0 Å². The van der Waals surface area contributed by atoms with Crippen LogP contribution in [-0.2, 0) is 0 Å². The number of ether oxygens (including phenoxy) is 1. The van der Waals surface area contributed by atoms with E-state index in [0.717, 1.165) is 15.4 Å². The van der Waals surface area contributed by atoms with E-state index >= 15 is 0 Å². The summed E-state index contributed by atoms with van der Waals surface area (Å²) in [6, 6.07) is 5.70. The summed E-state index contributed by atoms with van der Waals surface area (Å²) in [5.74, 6) is -0.233. The number of aryl methyl sites for hydroxylation is 1. The molecule has 0 bridgehead atoms. The van der Waals surface area contributed by atoms with Gasteiger partial charge in [-0.25, -0.2) is 4.98 Å². The van der Waals surface area contributed by atoms with Crippen molar-refractivity contribution in [2.45, 2.75) is 13.3 Å². The van der Waals surface area contributed by atoms with Gasteiger partial charge in [0.25, 0.3) is 0 Å². The second-order valence-electron chi connectivity index (χ2n) is 3.42. The highest BCUT2D eigenvalue weighted by molar-refractivity contribution is 9.10. The van der Waals surface area contributed by atoms with Crippen LogP contribution in [0.2, 0.25) is 0 Å². The number of benzene rings is 1. The van der Waals surface area contributed by atoms with Crippen LogP contribution in [0, 0.1) is 6.92 Å². The van der Waals surface area contributed by atoms with E-state index in [1.165, 1.54) is 23.5 Å². The van der Waals surface area contributed by atoms with Gasteiger partial charge in [0.2, 0.25) is 0 Å². The van der Waals surface area contributed by atoms with Gasteiger partial charge in [0.15, 0.2) is 0 Å². The highest BCUT2D eigenvalue weighted by atomic mass is 79.9. The summed E-state index contributed by atoms with van der Waals surface area (Å²) >= 11 is 4.77. The van der Waals surface area contributed by atoms with Gasteiger partial charge in [0.1, 0.15) is 10.4 Å². The van der Waals surface area contributed by atoms with Gasteiger partial charge in [0.05, 0.1) is 9.88 Å². The van der Waals surface area contributed by atoms with Crippen LogP contribution in [0.4, 0.5) is 13.2 Å². The molecule has 0 unspecified atom stereocenters. The van der Waals surface area contributed by atoms with E-state index in [-0.39, 0.29) is 5.75 Å². The molecule has 0 N–H and O–H groups in total. The SMILES string of the molecule is Cc1nc(Br)c(-c2ccc(OC(F)(F)F)cc2)s1. The van der Waals surface area contributed by atoms with Gasteiger partial charge in [-0.1, -0.05) is 0 Å². The number of hydrogen-bond acceptors (Lipinski definition) is 3. The Kier molecular flexibility index (Phi) is 3.63. The van der Waals surface area contributed by atoms with Gasteiger partial charge < -0.3 is 4.74 Å². The topological polar surface area (TPSA) is 22.1 Å². The molecule has 2 rings (SSSR count). The average Bonchev–Trinajstić information content (AvgIpc) is 2.57. The molecule has 0 saturated heterocycles. The number of alkyl halides is 3. The maximum absolute atomic E-state index is 12.0. The average molecular weight is 338 g/mol. The van der Waals surface area contributed by atoms with Crippen molar-refractivity contribution < 1.29 is 17.9 Å².